The average molecular weight is 242 g/mol. The Labute approximate surface area is 107 Å². The van der Waals surface area contributed by atoms with Gasteiger partial charge in [0.05, 0.1) is 6.10 Å². The highest BCUT2D eigenvalue weighted by Gasteiger charge is 2.27. The van der Waals surface area contributed by atoms with Gasteiger partial charge in [0, 0.05) is 20.2 Å². The smallest absolute Gasteiger partial charge is 0.0724 e. The first-order chi connectivity index (χ1) is 8.06. The van der Waals surface area contributed by atoms with E-state index in [2.05, 4.69) is 25.7 Å². The van der Waals surface area contributed by atoms with Crippen molar-refractivity contribution in [2.24, 2.45) is 23.5 Å². The Hall–Kier alpha value is -0.120. The molecule has 1 heterocycles. The predicted octanol–water partition coefficient (Wildman–Crippen LogP) is 1.96. The van der Waals surface area contributed by atoms with Gasteiger partial charge in [0.1, 0.15) is 0 Å². The van der Waals surface area contributed by atoms with Crippen molar-refractivity contribution in [3.8, 4) is 0 Å². The van der Waals surface area contributed by atoms with E-state index in [-0.39, 0.29) is 0 Å². The zero-order valence-corrected chi connectivity index (χ0v) is 12.0. The monoisotopic (exact) mass is 242 g/mol. The fraction of sp³-hybridized carbons (Fsp3) is 1.00. The van der Waals surface area contributed by atoms with Gasteiger partial charge in [-0.2, -0.15) is 0 Å². The molecule has 1 rings (SSSR count). The van der Waals surface area contributed by atoms with Gasteiger partial charge >= 0.3 is 0 Å². The maximum absolute atomic E-state index is 5.87. The number of nitrogens with zero attached hydrogens (tertiary/aromatic N) is 1. The summed E-state index contributed by atoms with van der Waals surface area (Å²) in [6, 6.07) is 0. The number of rotatable bonds is 6. The molecule has 1 aliphatic rings. The van der Waals surface area contributed by atoms with E-state index < -0.39 is 0 Å². The average Bonchev–Trinajstić information content (AvgIpc) is 2.30. The molecule has 2 N–H and O–H groups in total. The third-order valence-corrected chi connectivity index (χ3v) is 3.93. The first-order valence-electron chi connectivity index (χ1n) is 7.02. The number of hydrogen-bond acceptors (Lipinski definition) is 3. The van der Waals surface area contributed by atoms with Crippen molar-refractivity contribution in [3.05, 3.63) is 0 Å². The van der Waals surface area contributed by atoms with E-state index >= 15 is 0 Å². The summed E-state index contributed by atoms with van der Waals surface area (Å²) in [4.78, 5) is 2.54. The third-order valence-electron chi connectivity index (χ3n) is 3.93. The van der Waals surface area contributed by atoms with Crippen LogP contribution >= 0.6 is 0 Å². The van der Waals surface area contributed by atoms with Crippen molar-refractivity contribution in [1.82, 2.24) is 4.90 Å². The molecule has 0 saturated carbocycles. The summed E-state index contributed by atoms with van der Waals surface area (Å²) in [5, 5.41) is 0. The van der Waals surface area contributed by atoms with Crippen molar-refractivity contribution in [2.45, 2.75) is 39.7 Å². The topological polar surface area (TPSA) is 38.5 Å². The molecule has 17 heavy (non-hydrogen) atoms. The minimum atomic E-state index is 0.404. The summed E-state index contributed by atoms with van der Waals surface area (Å²) < 4.78 is 5.56. The highest BCUT2D eigenvalue weighted by molar-refractivity contribution is 4.80. The second-order valence-electron chi connectivity index (χ2n) is 6.03. The van der Waals surface area contributed by atoms with Crippen LogP contribution in [0.15, 0.2) is 0 Å². The molecule has 0 bridgehead atoms. The molecule has 0 aliphatic carbocycles. The molecule has 3 unspecified atom stereocenters. The fourth-order valence-corrected chi connectivity index (χ4v) is 2.85. The normalized spacial score (nSPS) is 28.6. The highest BCUT2D eigenvalue weighted by atomic mass is 16.5. The molecule has 3 heteroatoms. The maximum atomic E-state index is 5.87. The summed E-state index contributed by atoms with van der Waals surface area (Å²) in [5.41, 5.74) is 5.87. The third kappa shape index (κ3) is 4.94. The minimum absolute atomic E-state index is 0.404. The number of nitrogens with two attached hydrogens (primary N) is 1. The van der Waals surface area contributed by atoms with E-state index in [1.165, 1.54) is 19.4 Å². The number of likely N-dealkylation sites (tertiary alicyclic amines) is 1. The van der Waals surface area contributed by atoms with Crippen LogP contribution in [0.4, 0.5) is 0 Å². The van der Waals surface area contributed by atoms with Crippen LogP contribution < -0.4 is 5.73 Å². The first-order valence-corrected chi connectivity index (χ1v) is 7.02. The van der Waals surface area contributed by atoms with E-state index in [1.54, 1.807) is 0 Å². The van der Waals surface area contributed by atoms with Gasteiger partial charge in [-0.1, -0.05) is 20.8 Å². The Morgan fingerprint density at radius 2 is 2.12 bits per heavy atom. The van der Waals surface area contributed by atoms with Gasteiger partial charge in [-0.05, 0) is 43.7 Å². The number of hydrogen-bond donors (Lipinski definition) is 1. The van der Waals surface area contributed by atoms with Crippen LogP contribution in [0.1, 0.15) is 33.6 Å². The van der Waals surface area contributed by atoms with E-state index in [4.69, 9.17) is 10.5 Å². The summed E-state index contributed by atoms with van der Waals surface area (Å²) in [6.07, 6.45) is 2.89. The van der Waals surface area contributed by atoms with Gasteiger partial charge in [0.25, 0.3) is 0 Å². The Morgan fingerprint density at radius 1 is 1.41 bits per heavy atom. The lowest BCUT2D eigenvalue weighted by Crippen LogP contribution is -2.46. The van der Waals surface area contributed by atoms with Crippen LogP contribution in [0.25, 0.3) is 0 Å². The molecule has 0 amide bonds. The standard InChI is InChI=1S/C14H30N2O/c1-11(2)7-13(8-15)9-16-6-5-12(3)14(10-16)17-4/h11-14H,5-10,15H2,1-4H3. The van der Waals surface area contributed by atoms with E-state index in [0.29, 0.717) is 17.9 Å². The van der Waals surface area contributed by atoms with Gasteiger partial charge in [0.15, 0.2) is 0 Å². The predicted molar refractivity (Wildman–Crippen MR) is 73.0 cm³/mol. The van der Waals surface area contributed by atoms with Crippen molar-refractivity contribution < 1.29 is 4.74 Å². The molecule has 0 spiro atoms. The maximum Gasteiger partial charge on any atom is 0.0724 e. The molecule has 0 aromatic rings. The van der Waals surface area contributed by atoms with Crippen LogP contribution in [0.5, 0.6) is 0 Å². The van der Waals surface area contributed by atoms with Crippen molar-refractivity contribution in [3.63, 3.8) is 0 Å². The molecule has 1 saturated heterocycles. The van der Waals surface area contributed by atoms with Crippen LogP contribution in [0.3, 0.4) is 0 Å². The molecular formula is C14H30N2O. The van der Waals surface area contributed by atoms with Crippen LogP contribution in [-0.4, -0.2) is 44.3 Å². The summed E-state index contributed by atoms with van der Waals surface area (Å²) in [5.74, 6) is 2.07. The van der Waals surface area contributed by atoms with Gasteiger partial charge < -0.3 is 15.4 Å². The largest absolute Gasteiger partial charge is 0.380 e. The molecule has 0 aromatic carbocycles. The zero-order valence-electron chi connectivity index (χ0n) is 12.0. The molecule has 1 fully saturated rings. The summed E-state index contributed by atoms with van der Waals surface area (Å²) >= 11 is 0. The fourth-order valence-electron chi connectivity index (χ4n) is 2.85. The Morgan fingerprint density at radius 3 is 2.65 bits per heavy atom. The van der Waals surface area contributed by atoms with Crippen molar-refractivity contribution in [1.29, 1.82) is 0 Å². The molecule has 3 nitrogen and oxygen atoms in total. The quantitative estimate of drug-likeness (QED) is 0.774. The van der Waals surface area contributed by atoms with Crippen LogP contribution in [0.2, 0.25) is 0 Å². The van der Waals surface area contributed by atoms with Gasteiger partial charge in [-0.3, -0.25) is 0 Å². The Kier molecular flexibility index (Phi) is 6.45. The summed E-state index contributed by atoms with van der Waals surface area (Å²) in [7, 11) is 1.83. The second-order valence-corrected chi connectivity index (χ2v) is 6.03. The van der Waals surface area contributed by atoms with E-state index in [9.17, 15) is 0 Å². The molecule has 0 aromatic heterocycles. The molecule has 1 aliphatic heterocycles. The van der Waals surface area contributed by atoms with Gasteiger partial charge in [-0.15, -0.1) is 0 Å². The molecule has 0 radical (unpaired) electrons. The zero-order chi connectivity index (χ0) is 12.8. The second kappa shape index (κ2) is 7.34. The molecule has 3 atom stereocenters. The first kappa shape index (κ1) is 14.9. The number of ether oxygens (including phenoxy) is 1. The van der Waals surface area contributed by atoms with Gasteiger partial charge in [0.2, 0.25) is 0 Å². The number of methoxy groups -OCH3 is 1. The SMILES string of the molecule is COC1CN(CC(CN)CC(C)C)CCC1C. The van der Waals surface area contributed by atoms with Crippen molar-refractivity contribution in [2.75, 3.05) is 33.3 Å². The Bertz CT molecular complexity index is 208. The molecule has 102 valence electrons. The van der Waals surface area contributed by atoms with Crippen LogP contribution in [-0.2, 0) is 4.74 Å². The lowest BCUT2D eigenvalue weighted by atomic mass is 9.92. The highest BCUT2D eigenvalue weighted by Crippen LogP contribution is 2.21. The minimum Gasteiger partial charge on any atom is -0.380 e. The molecular weight excluding hydrogens is 212 g/mol. The van der Waals surface area contributed by atoms with E-state index in [1.807, 2.05) is 7.11 Å². The lowest BCUT2D eigenvalue weighted by Gasteiger charge is -2.38. The lowest BCUT2D eigenvalue weighted by molar-refractivity contribution is -0.00967. The number of piperidine rings is 1. The van der Waals surface area contributed by atoms with E-state index in [0.717, 1.165) is 25.6 Å². The Balaban J connectivity index is 2.39. The van der Waals surface area contributed by atoms with Crippen molar-refractivity contribution >= 4 is 0 Å². The summed E-state index contributed by atoms with van der Waals surface area (Å²) in [6.45, 7) is 11.1. The van der Waals surface area contributed by atoms with Crippen LogP contribution in [0, 0.1) is 17.8 Å². The van der Waals surface area contributed by atoms with Gasteiger partial charge in [-0.25, -0.2) is 0 Å².